The lowest BCUT2D eigenvalue weighted by Crippen LogP contribution is -2.33. The highest BCUT2D eigenvalue weighted by Crippen LogP contribution is 2.34. The molecule has 1 aromatic heterocycles. The highest BCUT2D eigenvalue weighted by Gasteiger charge is 2.44. The third-order valence-corrected chi connectivity index (χ3v) is 7.08. The zero-order chi connectivity index (χ0) is 40.5. The first-order valence-electron chi connectivity index (χ1n) is 15.3. The summed E-state index contributed by atoms with van der Waals surface area (Å²) in [4.78, 5) is 24.9. The van der Waals surface area contributed by atoms with Gasteiger partial charge in [-0.3, -0.25) is 14.6 Å². The van der Waals surface area contributed by atoms with E-state index in [4.69, 9.17) is 22.4 Å². The molecule has 0 spiro atoms. The number of amides is 1. The van der Waals surface area contributed by atoms with Crippen LogP contribution in [-0.4, -0.2) is 34.5 Å². The van der Waals surface area contributed by atoms with Crippen LogP contribution in [0.15, 0.2) is 79.0 Å². The number of aliphatic carboxylic acids is 1. The van der Waals surface area contributed by atoms with E-state index in [0.717, 1.165) is 31.0 Å². The van der Waals surface area contributed by atoms with Gasteiger partial charge in [0, 0.05) is 35.9 Å². The molecule has 0 radical (unpaired) electrons. The SMILES string of the molecule is C#C.CC[C@@H](c1cc(F)cc(OC(F)(F)C(F)F)c1)c1ccc(Cl)cn1.Cc1ccc(CCCC(=O)O)cc1.NC(=O)c1ccc(F)c(C(F)(F)F)c1. The molecule has 3 N–H and O–H groups in total. The summed E-state index contributed by atoms with van der Waals surface area (Å²) < 4.78 is 117. The second-order valence-electron chi connectivity index (χ2n) is 10.8. The molecular formula is C37H34ClF9N2O4. The third kappa shape index (κ3) is 15.9. The van der Waals surface area contributed by atoms with Crippen LogP contribution in [0.3, 0.4) is 0 Å². The maximum absolute atomic E-state index is 13.7. The van der Waals surface area contributed by atoms with Crippen LogP contribution in [0.5, 0.6) is 5.75 Å². The number of carbonyl (C=O) groups excluding carboxylic acids is 1. The minimum atomic E-state index is -4.82. The molecule has 1 atom stereocenters. The Labute approximate surface area is 304 Å². The molecule has 0 aliphatic carbocycles. The number of hydrogen-bond donors (Lipinski definition) is 2. The van der Waals surface area contributed by atoms with E-state index in [9.17, 15) is 49.1 Å². The van der Waals surface area contributed by atoms with Crippen molar-refractivity contribution in [2.24, 2.45) is 5.73 Å². The van der Waals surface area contributed by atoms with Crippen LogP contribution in [0.25, 0.3) is 0 Å². The number of aromatic nitrogens is 1. The monoisotopic (exact) mass is 776 g/mol. The Morgan fingerprint density at radius 2 is 1.57 bits per heavy atom. The lowest BCUT2D eigenvalue weighted by molar-refractivity contribution is -0.253. The first kappa shape index (κ1) is 45.8. The van der Waals surface area contributed by atoms with E-state index in [0.29, 0.717) is 35.3 Å². The van der Waals surface area contributed by atoms with Crippen LogP contribution < -0.4 is 10.5 Å². The number of pyridine rings is 1. The molecule has 0 aliphatic heterocycles. The lowest BCUT2D eigenvalue weighted by Gasteiger charge is -2.20. The van der Waals surface area contributed by atoms with Crippen LogP contribution >= 0.6 is 11.6 Å². The predicted octanol–water partition coefficient (Wildman–Crippen LogP) is 10.2. The number of nitrogens with zero attached hydrogens (tertiary/aromatic N) is 1. The molecule has 0 aliphatic rings. The fourth-order valence-corrected chi connectivity index (χ4v) is 4.46. The average molecular weight is 777 g/mol. The quantitative estimate of drug-likeness (QED) is 0.117. The summed E-state index contributed by atoms with van der Waals surface area (Å²) in [6, 6.07) is 16.1. The second kappa shape index (κ2) is 21.3. The number of ether oxygens (including phenoxy) is 1. The Kier molecular flexibility index (Phi) is 18.4. The molecule has 3 aromatic carbocycles. The number of benzene rings is 3. The summed E-state index contributed by atoms with van der Waals surface area (Å²) in [7, 11) is 0. The summed E-state index contributed by atoms with van der Waals surface area (Å²) in [6.45, 7) is 3.83. The number of nitrogens with two attached hydrogens (primary N) is 1. The topological polar surface area (TPSA) is 103 Å². The second-order valence-corrected chi connectivity index (χ2v) is 11.3. The number of carbonyl (C=O) groups is 2. The molecule has 4 aromatic rings. The summed E-state index contributed by atoms with van der Waals surface area (Å²) >= 11 is 5.76. The molecule has 0 saturated carbocycles. The molecular weight excluding hydrogens is 743 g/mol. The van der Waals surface area contributed by atoms with Crippen molar-refractivity contribution >= 4 is 23.5 Å². The Bertz CT molecular complexity index is 1780. The molecule has 16 heteroatoms. The minimum absolute atomic E-state index is 0.258. The zero-order valence-corrected chi connectivity index (χ0v) is 28.9. The standard InChI is InChI=1S/C16H13ClF5NO.C11H14O2.C8H5F4NO.C2H2/c1-2-13(14-4-3-10(17)8-23-14)9-5-11(18)7-12(6-9)24-16(21,22)15(19)20;1-9-5-7-10(8-6-9)3-2-4-11(12)13;9-6-2-1-4(7(13)14)3-5(6)8(10,11)12;1-2/h3-8,13,15H,2H2,1H3;5-8H,2-4H2,1H3,(H,12,13);1-3H,(H2,13,14);1-2H/t13-;;;/m0.../s1. The summed E-state index contributed by atoms with van der Waals surface area (Å²) in [5.41, 5.74) is 6.16. The number of hydrogen-bond acceptors (Lipinski definition) is 4. The molecule has 53 heavy (non-hydrogen) atoms. The van der Waals surface area contributed by atoms with Gasteiger partial charge in [0.25, 0.3) is 0 Å². The zero-order valence-electron chi connectivity index (χ0n) is 28.1. The van der Waals surface area contributed by atoms with Crippen molar-refractivity contribution < 1.29 is 58.9 Å². The van der Waals surface area contributed by atoms with E-state index in [-0.39, 0.29) is 17.5 Å². The van der Waals surface area contributed by atoms with Crippen LogP contribution in [0, 0.1) is 31.4 Å². The van der Waals surface area contributed by atoms with E-state index in [1.54, 1.807) is 19.1 Å². The van der Waals surface area contributed by atoms with Gasteiger partial charge >= 0.3 is 24.7 Å². The molecule has 0 unspecified atom stereocenters. The number of aryl methyl sites for hydroxylation is 2. The number of rotatable bonds is 11. The van der Waals surface area contributed by atoms with Gasteiger partial charge in [-0.15, -0.1) is 12.8 Å². The number of alkyl halides is 7. The van der Waals surface area contributed by atoms with Gasteiger partial charge < -0.3 is 15.6 Å². The van der Waals surface area contributed by atoms with Crippen molar-refractivity contribution in [3.05, 3.63) is 129 Å². The van der Waals surface area contributed by atoms with Gasteiger partial charge in [0.05, 0.1) is 10.6 Å². The van der Waals surface area contributed by atoms with Crippen molar-refractivity contribution in [3.8, 4) is 18.6 Å². The number of terminal acetylenes is 1. The Morgan fingerprint density at radius 3 is 2.06 bits per heavy atom. The molecule has 4 rings (SSSR count). The van der Waals surface area contributed by atoms with Crippen molar-refractivity contribution in [2.75, 3.05) is 0 Å². The average Bonchev–Trinajstić information content (AvgIpc) is 3.07. The number of carboxylic acid groups (broad SMARTS) is 1. The van der Waals surface area contributed by atoms with Crippen LogP contribution in [-0.2, 0) is 17.4 Å². The van der Waals surface area contributed by atoms with E-state index in [1.807, 2.05) is 6.92 Å². The van der Waals surface area contributed by atoms with Gasteiger partial charge in [0.2, 0.25) is 5.91 Å². The molecule has 0 saturated heterocycles. The predicted molar refractivity (Wildman–Crippen MR) is 181 cm³/mol. The number of primary amides is 1. The normalized spacial score (nSPS) is 11.5. The third-order valence-electron chi connectivity index (χ3n) is 6.85. The Hall–Kier alpha value is -5.23. The molecule has 0 bridgehead atoms. The van der Waals surface area contributed by atoms with Crippen LogP contribution in [0.2, 0.25) is 5.02 Å². The van der Waals surface area contributed by atoms with Gasteiger partial charge in [0.15, 0.2) is 0 Å². The smallest absolute Gasteiger partial charge is 0.461 e. The maximum Gasteiger partial charge on any atom is 0.461 e. The highest BCUT2D eigenvalue weighted by molar-refractivity contribution is 6.30. The first-order valence-corrected chi connectivity index (χ1v) is 15.6. The van der Waals surface area contributed by atoms with Crippen molar-refractivity contribution in [1.82, 2.24) is 4.98 Å². The van der Waals surface area contributed by atoms with Crippen molar-refractivity contribution in [3.63, 3.8) is 0 Å². The van der Waals surface area contributed by atoms with E-state index < -0.39 is 59.5 Å². The van der Waals surface area contributed by atoms with Crippen molar-refractivity contribution in [2.45, 2.75) is 64.2 Å². The molecule has 0 fully saturated rings. The van der Waals surface area contributed by atoms with Crippen LogP contribution in [0.1, 0.15) is 70.4 Å². The summed E-state index contributed by atoms with van der Waals surface area (Å²) in [5.74, 6) is -5.16. The molecule has 1 heterocycles. The molecule has 6 nitrogen and oxygen atoms in total. The first-order chi connectivity index (χ1) is 24.7. The number of halogens is 10. The largest absolute Gasteiger partial charge is 0.481 e. The summed E-state index contributed by atoms with van der Waals surface area (Å²) in [5, 5.41) is 8.85. The minimum Gasteiger partial charge on any atom is -0.481 e. The van der Waals surface area contributed by atoms with E-state index in [1.165, 1.54) is 17.3 Å². The van der Waals surface area contributed by atoms with Gasteiger partial charge in [0.1, 0.15) is 17.4 Å². The fourth-order valence-electron chi connectivity index (χ4n) is 4.35. The highest BCUT2D eigenvalue weighted by atomic mass is 35.5. The van der Waals surface area contributed by atoms with E-state index >= 15 is 0 Å². The van der Waals surface area contributed by atoms with E-state index in [2.05, 4.69) is 46.8 Å². The van der Waals surface area contributed by atoms with Crippen molar-refractivity contribution in [1.29, 1.82) is 0 Å². The summed E-state index contributed by atoms with van der Waals surface area (Å²) in [6.07, 6.45) is -1.84. The number of carboxylic acids is 1. The van der Waals surface area contributed by atoms with Crippen LogP contribution in [0.4, 0.5) is 39.5 Å². The van der Waals surface area contributed by atoms with Gasteiger partial charge in [-0.05, 0) is 79.8 Å². The Morgan fingerprint density at radius 1 is 0.943 bits per heavy atom. The maximum atomic E-state index is 13.7. The fraction of sp³-hybridized carbons (Fsp3) is 0.270. The molecule has 1 amide bonds. The van der Waals surface area contributed by atoms with Gasteiger partial charge in [-0.2, -0.15) is 30.7 Å². The lowest BCUT2D eigenvalue weighted by atomic mass is 9.92. The molecule has 286 valence electrons. The van der Waals surface area contributed by atoms with Gasteiger partial charge in [-0.25, -0.2) is 8.78 Å². The van der Waals surface area contributed by atoms with Gasteiger partial charge in [-0.1, -0.05) is 48.4 Å². The Balaban J connectivity index is 0.000000415.